The van der Waals surface area contributed by atoms with Crippen LogP contribution in [0.1, 0.15) is 181 Å². The molecule has 6 aromatic carbocycles. The lowest BCUT2D eigenvalue weighted by Crippen LogP contribution is -2.61. The number of thiophene rings is 1. The normalized spacial score (nSPS) is 19.6. The molecule has 0 bridgehead atoms. The third kappa shape index (κ3) is 6.35. The Morgan fingerprint density at radius 1 is 0.478 bits per heavy atom. The van der Waals surface area contributed by atoms with Gasteiger partial charge >= 0.3 is 0 Å². The van der Waals surface area contributed by atoms with Crippen molar-refractivity contribution < 1.29 is 0 Å². The van der Waals surface area contributed by atoms with Crippen LogP contribution < -0.4 is 25.5 Å². The Morgan fingerprint density at radius 3 is 1.62 bits per heavy atom. The predicted molar refractivity (Wildman–Crippen MR) is 301 cm³/mol. The van der Waals surface area contributed by atoms with Crippen molar-refractivity contribution in [2.45, 2.75) is 174 Å². The summed E-state index contributed by atoms with van der Waals surface area (Å²) in [7, 11) is 0. The number of benzene rings is 6. The topological polar surface area (TPSA) is 6.48 Å². The summed E-state index contributed by atoms with van der Waals surface area (Å²) in [6.07, 6.45) is 4.75. The molecule has 5 aliphatic rings. The van der Waals surface area contributed by atoms with Gasteiger partial charge in [-0.2, -0.15) is 0 Å². The average molecular weight is 925 g/mol. The van der Waals surface area contributed by atoms with E-state index in [1.807, 2.05) is 0 Å². The number of nitrogens with zero attached hydrogens (tertiary/aromatic N) is 2. The van der Waals surface area contributed by atoms with Crippen molar-refractivity contribution in [1.29, 1.82) is 0 Å². The second-order valence-electron chi connectivity index (χ2n) is 27.2. The van der Waals surface area contributed by atoms with E-state index in [0.29, 0.717) is 0 Å². The van der Waals surface area contributed by atoms with Gasteiger partial charge in [-0.25, -0.2) is 0 Å². The van der Waals surface area contributed by atoms with E-state index < -0.39 is 0 Å². The fraction of sp³-hybridized carbons (Fsp3) is 0.415. The Morgan fingerprint density at radius 2 is 1.01 bits per heavy atom. The summed E-state index contributed by atoms with van der Waals surface area (Å²) < 4.78 is 2.88. The molecule has 0 N–H and O–H groups in total. The summed E-state index contributed by atoms with van der Waals surface area (Å²) in [6, 6.07) is 42.0. The van der Waals surface area contributed by atoms with Gasteiger partial charge in [0.15, 0.2) is 0 Å². The second-order valence-corrected chi connectivity index (χ2v) is 28.2. The van der Waals surface area contributed by atoms with Gasteiger partial charge in [-0.15, -0.1) is 11.3 Å². The van der Waals surface area contributed by atoms with Crippen LogP contribution in [0.4, 0.5) is 34.1 Å². The molecule has 0 radical (unpaired) electrons. The van der Waals surface area contributed by atoms with E-state index in [2.05, 4.69) is 235 Å². The van der Waals surface area contributed by atoms with E-state index in [4.69, 9.17) is 0 Å². The summed E-state index contributed by atoms with van der Waals surface area (Å²) in [6.45, 7) is 39.1. The lowest BCUT2D eigenvalue weighted by Gasteiger charge is -2.47. The Balaban J connectivity index is 1.26. The van der Waals surface area contributed by atoms with E-state index in [1.54, 1.807) is 0 Å². The summed E-state index contributed by atoms with van der Waals surface area (Å²) in [4.78, 5) is 5.48. The minimum atomic E-state index is -0.129. The molecule has 352 valence electrons. The summed E-state index contributed by atoms with van der Waals surface area (Å²) >= 11 is 2.08. The van der Waals surface area contributed by atoms with Crippen LogP contribution in [0.3, 0.4) is 0 Å². The fourth-order valence-corrected chi connectivity index (χ4v) is 14.9. The molecule has 0 unspecified atom stereocenters. The molecule has 2 aliphatic heterocycles. The Kier molecular flexibility index (Phi) is 9.21. The highest BCUT2D eigenvalue weighted by molar-refractivity contribution is 7.33. The zero-order chi connectivity index (χ0) is 48.9. The zero-order valence-electron chi connectivity index (χ0n) is 44.5. The number of hydrogen-bond acceptors (Lipinski definition) is 3. The SMILES string of the molecule is CC(C)(C)c1ccc(N2c3cc4c(cc3B3c5sc6cc7c(cc6c5N(c5cccc6c5-c5ccccc5C6(C)C)c5cc(C(C)(C)C)cc2c53)C(C)(C)CCC7(C)C)C(C)(C)CCC4(C)C)cc1. The highest BCUT2D eigenvalue weighted by Crippen LogP contribution is 2.58. The first kappa shape index (κ1) is 45.1. The average Bonchev–Trinajstić information content (AvgIpc) is 3.77. The summed E-state index contributed by atoms with van der Waals surface area (Å²) in [5.74, 6) is 0. The van der Waals surface area contributed by atoms with Crippen LogP contribution >= 0.6 is 11.3 Å². The quantitative estimate of drug-likeness (QED) is 0.159. The Hall–Kier alpha value is -5.06. The molecule has 12 rings (SSSR count). The molecule has 0 saturated heterocycles. The van der Waals surface area contributed by atoms with Gasteiger partial charge in [0.25, 0.3) is 6.71 Å². The third-order valence-electron chi connectivity index (χ3n) is 18.3. The number of hydrogen-bond donors (Lipinski definition) is 0. The molecule has 0 spiro atoms. The predicted octanol–water partition coefficient (Wildman–Crippen LogP) is 16.6. The first-order valence-electron chi connectivity index (χ1n) is 26.1. The highest BCUT2D eigenvalue weighted by Gasteiger charge is 2.50. The highest BCUT2D eigenvalue weighted by atomic mass is 32.1. The van der Waals surface area contributed by atoms with Crippen LogP contribution in [0, 0.1) is 0 Å². The van der Waals surface area contributed by atoms with Crippen molar-refractivity contribution in [3.8, 4) is 11.1 Å². The van der Waals surface area contributed by atoms with Crippen LogP contribution in [0.5, 0.6) is 0 Å². The molecule has 0 atom stereocenters. The largest absolute Gasteiger partial charge is 0.311 e. The molecule has 7 aromatic rings. The van der Waals surface area contributed by atoms with Crippen LogP contribution in [0.25, 0.3) is 21.2 Å². The van der Waals surface area contributed by atoms with Gasteiger partial charge in [0.2, 0.25) is 0 Å². The van der Waals surface area contributed by atoms with Crippen molar-refractivity contribution in [3.63, 3.8) is 0 Å². The van der Waals surface area contributed by atoms with Crippen molar-refractivity contribution in [2.75, 3.05) is 9.80 Å². The van der Waals surface area contributed by atoms with Crippen LogP contribution in [-0.2, 0) is 37.9 Å². The maximum Gasteiger partial charge on any atom is 0.264 e. The summed E-state index contributed by atoms with van der Waals surface area (Å²) in [5.41, 5.74) is 25.2. The van der Waals surface area contributed by atoms with E-state index >= 15 is 0 Å². The third-order valence-corrected chi connectivity index (χ3v) is 19.5. The van der Waals surface area contributed by atoms with Crippen LogP contribution in [0.2, 0.25) is 0 Å². The van der Waals surface area contributed by atoms with Gasteiger partial charge in [-0.05, 0) is 168 Å². The Bertz CT molecular complexity index is 3340. The first-order valence-corrected chi connectivity index (χ1v) is 27.0. The molecule has 0 amide bonds. The molecular formula is C65H73BN2S. The molecule has 0 fully saturated rings. The van der Waals surface area contributed by atoms with E-state index in [9.17, 15) is 0 Å². The maximum atomic E-state index is 2.79. The van der Waals surface area contributed by atoms with Crippen molar-refractivity contribution in [1.82, 2.24) is 0 Å². The minimum absolute atomic E-state index is 0.0499. The van der Waals surface area contributed by atoms with Gasteiger partial charge < -0.3 is 9.80 Å². The smallest absolute Gasteiger partial charge is 0.264 e. The number of rotatable bonds is 2. The van der Waals surface area contributed by atoms with E-state index in [0.717, 1.165) is 0 Å². The van der Waals surface area contributed by atoms with Gasteiger partial charge in [0.1, 0.15) is 0 Å². The maximum absolute atomic E-state index is 2.79. The fourth-order valence-electron chi connectivity index (χ4n) is 13.6. The second kappa shape index (κ2) is 14.1. The lowest BCUT2D eigenvalue weighted by molar-refractivity contribution is 0.332. The molecule has 0 saturated carbocycles. The minimum Gasteiger partial charge on any atom is -0.311 e. The number of anilines is 6. The van der Waals surface area contributed by atoms with Gasteiger partial charge in [0, 0.05) is 48.6 Å². The molecular weight excluding hydrogens is 852 g/mol. The van der Waals surface area contributed by atoms with Crippen LogP contribution in [-0.4, -0.2) is 6.71 Å². The molecule has 3 heterocycles. The zero-order valence-corrected chi connectivity index (χ0v) is 45.3. The van der Waals surface area contributed by atoms with Crippen molar-refractivity contribution >= 4 is 78.0 Å². The van der Waals surface area contributed by atoms with Gasteiger partial charge in [-0.3, -0.25) is 0 Å². The number of fused-ring (bicyclic) bond motifs is 11. The standard InChI is InChI=1S/C65H73BN2S/c1-59(2,3)38-24-26-40(27-25-38)67-51-36-47-46(62(9,10)29-30-63(47,11)12)35-49(51)66-56-52(67)32-39(60(4,5)6)33-53(56)68(50-23-19-22-44-55(50)41-20-17-18-21-43(41)65(44,15)16)57-42-34-45-48(37-54(42)69-58(57)66)64(13,14)31-28-61(45,7)8/h17-27,32-37H,28-31H2,1-16H3. The van der Waals surface area contributed by atoms with Crippen molar-refractivity contribution in [2.24, 2.45) is 0 Å². The molecule has 69 heavy (non-hydrogen) atoms. The monoisotopic (exact) mass is 925 g/mol. The molecule has 4 heteroatoms. The molecule has 2 nitrogen and oxygen atoms in total. The van der Waals surface area contributed by atoms with Crippen LogP contribution in [0.15, 0.2) is 103 Å². The Labute approximate surface area is 418 Å². The summed E-state index contributed by atoms with van der Waals surface area (Å²) in [5, 5.41) is 1.40. The van der Waals surface area contributed by atoms with Gasteiger partial charge in [-0.1, -0.05) is 165 Å². The van der Waals surface area contributed by atoms with E-state index in [1.165, 1.54) is 141 Å². The molecule has 1 aromatic heterocycles. The lowest BCUT2D eigenvalue weighted by atomic mass is 9.35. The molecule has 3 aliphatic carbocycles. The van der Waals surface area contributed by atoms with E-state index in [-0.39, 0.29) is 44.6 Å². The van der Waals surface area contributed by atoms with Gasteiger partial charge in [0.05, 0.1) is 11.4 Å². The first-order chi connectivity index (χ1) is 32.2. The van der Waals surface area contributed by atoms with Crippen molar-refractivity contribution in [3.05, 3.63) is 148 Å².